The quantitative estimate of drug-likeness (QED) is 0.820. The SMILES string of the molecule is CCC1CCC(CN)(N2CC(C)OC(C)C2)C1. The van der Waals surface area contributed by atoms with Crippen LogP contribution in [0.5, 0.6) is 0 Å². The van der Waals surface area contributed by atoms with Gasteiger partial charge in [0.15, 0.2) is 0 Å². The van der Waals surface area contributed by atoms with Crippen LogP contribution in [0.4, 0.5) is 0 Å². The number of hydrogen-bond donors (Lipinski definition) is 1. The standard InChI is InChI=1S/C14H28N2O/c1-4-13-5-6-14(7-13,10-15)16-8-11(2)17-12(3)9-16/h11-13H,4-10,15H2,1-3H3. The first-order chi connectivity index (χ1) is 8.09. The molecule has 1 saturated heterocycles. The smallest absolute Gasteiger partial charge is 0.0678 e. The molecule has 4 atom stereocenters. The largest absolute Gasteiger partial charge is 0.373 e. The first-order valence-electron chi connectivity index (χ1n) is 7.20. The van der Waals surface area contributed by atoms with Gasteiger partial charge in [0.1, 0.15) is 0 Å². The highest BCUT2D eigenvalue weighted by molar-refractivity contribution is 5.00. The summed E-state index contributed by atoms with van der Waals surface area (Å²) in [4.78, 5) is 2.63. The van der Waals surface area contributed by atoms with Crippen LogP contribution in [0.2, 0.25) is 0 Å². The Labute approximate surface area is 106 Å². The molecule has 3 heteroatoms. The van der Waals surface area contributed by atoms with E-state index in [1.54, 1.807) is 0 Å². The summed E-state index contributed by atoms with van der Waals surface area (Å²) in [5, 5.41) is 0. The van der Waals surface area contributed by atoms with Gasteiger partial charge in [-0.25, -0.2) is 0 Å². The molecule has 2 rings (SSSR count). The van der Waals surface area contributed by atoms with E-state index in [4.69, 9.17) is 10.5 Å². The Morgan fingerprint density at radius 3 is 2.41 bits per heavy atom. The van der Waals surface area contributed by atoms with E-state index in [0.717, 1.165) is 25.6 Å². The minimum absolute atomic E-state index is 0.271. The molecular weight excluding hydrogens is 212 g/mol. The molecule has 100 valence electrons. The van der Waals surface area contributed by atoms with E-state index in [1.165, 1.54) is 25.7 Å². The van der Waals surface area contributed by atoms with Crippen molar-refractivity contribution in [3.63, 3.8) is 0 Å². The molecule has 2 N–H and O–H groups in total. The Kier molecular flexibility index (Phi) is 4.11. The van der Waals surface area contributed by atoms with Crippen LogP contribution in [0.25, 0.3) is 0 Å². The summed E-state index contributed by atoms with van der Waals surface area (Å²) in [6, 6.07) is 0. The van der Waals surface area contributed by atoms with Gasteiger partial charge in [-0.05, 0) is 39.0 Å². The number of hydrogen-bond acceptors (Lipinski definition) is 3. The summed E-state index contributed by atoms with van der Waals surface area (Å²) in [5.41, 5.74) is 6.40. The van der Waals surface area contributed by atoms with Gasteiger partial charge in [-0.2, -0.15) is 0 Å². The Hall–Kier alpha value is -0.120. The molecule has 1 aliphatic heterocycles. The van der Waals surface area contributed by atoms with Crippen LogP contribution in [0.1, 0.15) is 46.5 Å². The maximum atomic E-state index is 6.12. The number of rotatable bonds is 3. The molecule has 0 aromatic heterocycles. The van der Waals surface area contributed by atoms with Gasteiger partial charge in [0.2, 0.25) is 0 Å². The molecular formula is C14H28N2O. The number of nitrogens with two attached hydrogens (primary N) is 1. The summed E-state index contributed by atoms with van der Waals surface area (Å²) in [7, 11) is 0. The fraction of sp³-hybridized carbons (Fsp3) is 1.00. The summed E-state index contributed by atoms with van der Waals surface area (Å²) in [5.74, 6) is 0.881. The van der Waals surface area contributed by atoms with Gasteiger partial charge >= 0.3 is 0 Å². The summed E-state index contributed by atoms with van der Waals surface area (Å²) < 4.78 is 5.84. The zero-order chi connectivity index (χ0) is 12.5. The molecule has 0 bridgehead atoms. The fourth-order valence-corrected chi connectivity index (χ4v) is 3.73. The van der Waals surface area contributed by atoms with Gasteiger partial charge in [-0.15, -0.1) is 0 Å². The third-order valence-corrected chi connectivity index (χ3v) is 4.73. The lowest BCUT2D eigenvalue weighted by Gasteiger charge is -2.46. The van der Waals surface area contributed by atoms with E-state index in [-0.39, 0.29) is 5.54 Å². The molecule has 0 radical (unpaired) electrons. The maximum absolute atomic E-state index is 6.12. The molecule has 1 heterocycles. The number of nitrogens with zero attached hydrogens (tertiary/aromatic N) is 1. The van der Waals surface area contributed by atoms with Crippen LogP contribution < -0.4 is 5.73 Å². The lowest BCUT2D eigenvalue weighted by molar-refractivity contribution is -0.100. The van der Waals surface area contributed by atoms with Gasteiger partial charge in [-0.3, -0.25) is 4.90 Å². The van der Waals surface area contributed by atoms with Crippen molar-refractivity contribution in [2.45, 2.75) is 64.2 Å². The van der Waals surface area contributed by atoms with Crippen LogP contribution in [0.15, 0.2) is 0 Å². The zero-order valence-corrected chi connectivity index (χ0v) is 11.6. The third-order valence-electron chi connectivity index (χ3n) is 4.73. The van der Waals surface area contributed by atoms with Crippen LogP contribution in [-0.2, 0) is 4.74 Å². The van der Waals surface area contributed by atoms with Gasteiger partial charge in [0.25, 0.3) is 0 Å². The topological polar surface area (TPSA) is 38.5 Å². The second-order valence-corrected chi connectivity index (χ2v) is 6.11. The van der Waals surface area contributed by atoms with Crippen molar-refractivity contribution in [1.29, 1.82) is 0 Å². The summed E-state index contributed by atoms with van der Waals surface area (Å²) in [6.07, 6.45) is 5.93. The molecule has 0 aromatic carbocycles. The van der Waals surface area contributed by atoms with E-state index >= 15 is 0 Å². The van der Waals surface area contributed by atoms with Crippen molar-refractivity contribution >= 4 is 0 Å². The molecule has 2 fully saturated rings. The van der Waals surface area contributed by atoms with Gasteiger partial charge < -0.3 is 10.5 Å². The van der Waals surface area contributed by atoms with Gasteiger partial charge in [-0.1, -0.05) is 13.3 Å². The maximum Gasteiger partial charge on any atom is 0.0678 e. The van der Waals surface area contributed by atoms with Crippen LogP contribution >= 0.6 is 0 Å². The highest BCUT2D eigenvalue weighted by Crippen LogP contribution is 2.41. The first kappa shape index (κ1) is 13.3. The molecule has 0 spiro atoms. The normalized spacial score (nSPS) is 44.1. The van der Waals surface area contributed by atoms with E-state index in [1.807, 2.05) is 0 Å². The predicted octanol–water partition coefficient (Wildman–Crippen LogP) is 2.00. The Bertz CT molecular complexity index is 249. The van der Waals surface area contributed by atoms with E-state index in [9.17, 15) is 0 Å². The molecule has 3 nitrogen and oxygen atoms in total. The van der Waals surface area contributed by atoms with E-state index in [2.05, 4.69) is 25.7 Å². The highest BCUT2D eigenvalue weighted by atomic mass is 16.5. The van der Waals surface area contributed by atoms with E-state index in [0.29, 0.717) is 12.2 Å². The minimum Gasteiger partial charge on any atom is -0.373 e. The number of ether oxygens (including phenoxy) is 1. The Morgan fingerprint density at radius 1 is 1.29 bits per heavy atom. The van der Waals surface area contributed by atoms with Crippen molar-refractivity contribution in [1.82, 2.24) is 4.90 Å². The fourth-order valence-electron chi connectivity index (χ4n) is 3.73. The molecule has 0 amide bonds. The summed E-state index contributed by atoms with van der Waals surface area (Å²) >= 11 is 0. The van der Waals surface area contributed by atoms with Gasteiger partial charge in [0, 0.05) is 25.2 Å². The third kappa shape index (κ3) is 2.67. The monoisotopic (exact) mass is 240 g/mol. The summed E-state index contributed by atoms with van der Waals surface area (Å²) in [6.45, 7) is 9.58. The molecule has 4 unspecified atom stereocenters. The molecule has 1 aliphatic carbocycles. The molecule has 0 aromatic rings. The van der Waals surface area contributed by atoms with Crippen molar-refractivity contribution < 1.29 is 4.74 Å². The first-order valence-corrected chi connectivity index (χ1v) is 7.20. The number of morpholine rings is 1. The predicted molar refractivity (Wildman–Crippen MR) is 71.0 cm³/mol. The average molecular weight is 240 g/mol. The second kappa shape index (κ2) is 5.25. The Balaban J connectivity index is 2.07. The Morgan fingerprint density at radius 2 is 1.94 bits per heavy atom. The molecule has 2 aliphatic rings. The van der Waals surface area contributed by atoms with Crippen molar-refractivity contribution in [3.05, 3.63) is 0 Å². The van der Waals surface area contributed by atoms with Gasteiger partial charge in [0.05, 0.1) is 12.2 Å². The lowest BCUT2D eigenvalue weighted by Crippen LogP contribution is -2.59. The lowest BCUT2D eigenvalue weighted by atomic mass is 9.91. The average Bonchev–Trinajstić information content (AvgIpc) is 2.72. The second-order valence-electron chi connectivity index (χ2n) is 6.11. The minimum atomic E-state index is 0.271. The molecule has 17 heavy (non-hydrogen) atoms. The van der Waals surface area contributed by atoms with Crippen molar-refractivity contribution in [2.75, 3.05) is 19.6 Å². The highest BCUT2D eigenvalue weighted by Gasteiger charge is 2.44. The van der Waals surface area contributed by atoms with Crippen LogP contribution in [-0.4, -0.2) is 42.3 Å². The van der Waals surface area contributed by atoms with Crippen molar-refractivity contribution in [3.8, 4) is 0 Å². The zero-order valence-electron chi connectivity index (χ0n) is 11.6. The van der Waals surface area contributed by atoms with E-state index < -0.39 is 0 Å². The van der Waals surface area contributed by atoms with Crippen LogP contribution in [0.3, 0.4) is 0 Å². The van der Waals surface area contributed by atoms with Crippen LogP contribution in [0, 0.1) is 5.92 Å². The molecule has 1 saturated carbocycles. The van der Waals surface area contributed by atoms with Crippen molar-refractivity contribution in [2.24, 2.45) is 11.7 Å².